The topological polar surface area (TPSA) is 49.7 Å². The fourth-order valence-corrected chi connectivity index (χ4v) is 2.32. The lowest BCUT2D eigenvalue weighted by Crippen LogP contribution is -2.32. The van der Waals surface area contributed by atoms with Gasteiger partial charge in [0.05, 0.1) is 12.2 Å². The van der Waals surface area contributed by atoms with Gasteiger partial charge in [-0.2, -0.15) is 13.2 Å². The highest BCUT2D eigenvalue weighted by atomic mass is 19.4. The predicted octanol–water partition coefficient (Wildman–Crippen LogP) is 1.28. The summed E-state index contributed by atoms with van der Waals surface area (Å²) < 4.78 is 44.3. The molecule has 0 radical (unpaired) electrons. The van der Waals surface area contributed by atoms with Gasteiger partial charge in [-0.05, 0) is 29.9 Å². The number of halogens is 3. The van der Waals surface area contributed by atoms with Crippen molar-refractivity contribution in [2.45, 2.75) is 24.9 Å². The van der Waals surface area contributed by atoms with Crippen molar-refractivity contribution in [3.05, 3.63) is 29.3 Å². The molecule has 2 rings (SSSR count). The Kier molecular flexibility index (Phi) is 4.18. The van der Waals surface area contributed by atoms with Crippen molar-refractivity contribution < 1.29 is 28.0 Å². The molecule has 1 atom stereocenters. The van der Waals surface area contributed by atoms with Gasteiger partial charge in [0.2, 0.25) is 0 Å². The maximum atomic E-state index is 13.0. The van der Waals surface area contributed by atoms with E-state index in [4.69, 9.17) is 14.8 Å². The van der Waals surface area contributed by atoms with Crippen LogP contribution in [0, 0.1) is 0 Å². The molecular formula is C12H14BF3O3. The molecule has 0 aromatic heterocycles. The lowest BCUT2D eigenvalue weighted by atomic mass is 9.77. The van der Waals surface area contributed by atoms with Crippen LogP contribution < -0.4 is 5.46 Å². The monoisotopic (exact) mass is 274 g/mol. The maximum absolute atomic E-state index is 13.0. The van der Waals surface area contributed by atoms with Crippen LogP contribution in [0.5, 0.6) is 0 Å². The summed E-state index contributed by atoms with van der Waals surface area (Å²) in [4.78, 5) is 0. The first-order valence-corrected chi connectivity index (χ1v) is 6.04. The SMILES string of the molecule is OB(O)c1ccc(C2CCCOC2)c(C(F)(F)F)c1. The normalized spacial score (nSPS) is 20.4. The van der Waals surface area contributed by atoms with E-state index in [9.17, 15) is 13.2 Å². The van der Waals surface area contributed by atoms with Crippen LogP contribution >= 0.6 is 0 Å². The molecule has 1 heterocycles. The molecule has 7 heteroatoms. The van der Waals surface area contributed by atoms with Crippen LogP contribution in [0.25, 0.3) is 0 Å². The third-order valence-corrected chi connectivity index (χ3v) is 3.28. The van der Waals surface area contributed by atoms with Gasteiger partial charge >= 0.3 is 13.3 Å². The van der Waals surface area contributed by atoms with E-state index in [2.05, 4.69) is 0 Å². The Morgan fingerprint density at radius 2 is 2.00 bits per heavy atom. The zero-order chi connectivity index (χ0) is 14.0. The number of rotatable bonds is 2. The molecule has 1 aromatic carbocycles. The maximum Gasteiger partial charge on any atom is 0.488 e. The molecule has 3 nitrogen and oxygen atoms in total. The third kappa shape index (κ3) is 3.29. The van der Waals surface area contributed by atoms with Crippen molar-refractivity contribution in [1.82, 2.24) is 0 Å². The van der Waals surface area contributed by atoms with Crippen molar-refractivity contribution in [2.24, 2.45) is 0 Å². The molecule has 2 N–H and O–H groups in total. The summed E-state index contributed by atoms with van der Waals surface area (Å²) in [5, 5.41) is 18.0. The fraction of sp³-hybridized carbons (Fsp3) is 0.500. The van der Waals surface area contributed by atoms with Gasteiger partial charge in [0.15, 0.2) is 0 Å². The Balaban J connectivity index is 2.41. The molecule has 1 fully saturated rings. The molecule has 1 aliphatic heterocycles. The van der Waals surface area contributed by atoms with Gasteiger partial charge < -0.3 is 14.8 Å². The minimum atomic E-state index is -4.52. The summed E-state index contributed by atoms with van der Waals surface area (Å²) in [5.74, 6) is -0.296. The Bertz CT molecular complexity index is 442. The molecule has 0 amide bonds. The largest absolute Gasteiger partial charge is 0.488 e. The summed E-state index contributed by atoms with van der Waals surface area (Å²) in [7, 11) is -1.90. The van der Waals surface area contributed by atoms with Crippen LogP contribution in [0.15, 0.2) is 18.2 Å². The van der Waals surface area contributed by atoms with Crippen molar-refractivity contribution in [3.63, 3.8) is 0 Å². The zero-order valence-corrected chi connectivity index (χ0v) is 10.2. The first kappa shape index (κ1) is 14.4. The highest BCUT2D eigenvalue weighted by Gasteiger charge is 2.36. The molecule has 0 aliphatic carbocycles. The molecular weight excluding hydrogens is 260 g/mol. The van der Waals surface area contributed by atoms with E-state index in [1.807, 2.05) is 0 Å². The van der Waals surface area contributed by atoms with Gasteiger partial charge in [-0.15, -0.1) is 0 Å². The van der Waals surface area contributed by atoms with Crippen molar-refractivity contribution >= 4 is 12.6 Å². The van der Waals surface area contributed by atoms with E-state index in [1.54, 1.807) is 0 Å². The van der Waals surface area contributed by atoms with Gasteiger partial charge in [0, 0.05) is 12.5 Å². The van der Waals surface area contributed by atoms with Crippen molar-refractivity contribution in [1.29, 1.82) is 0 Å². The van der Waals surface area contributed by atoms with Gasteiger partial charge in [-0.3, -0.25) is 0 Å². The summed E-state index contributed by atoms with van der Waals surface area (Å²) in [6, 6.07) is 3.43. The smallest absolute Gasteiger partial charge is 0.423 e. The molecule has 104 valence electrons. The van der Waals surface area contributed by atoms with Crippen LogP contribution in [-0.2, 0) is 10.9 Å². The number of ether oxygens (including phenoxy) is 1. The molecule has 1 aromatic rings. The van der Waals surface area contributed by atoms with E-state index < -0.39 is 18.9 Å². The first-order valence-electron chi connectivity index (χ1n) is 6.04. The van der Waals surface area contributed by atoms with E-state index in [0.29, 0.717) is 13.0 Å². The highest BCUT2D eigenvalue weighted by Crippen LogP contribution is 2.37. The Hall–Kier alpha value is -1.05. The minimum Gasteiger partial charge on any atom is -0.423 e. The van der Waals surface area contributed by atoms with E-state index in [1.165, 1.54) is 12.1 Å². The number of alkyl halides is 3. The highest BCUT2D eigenvalue weighted by molar-refractivity contribution is 6.58. The van der Waals surface area contributed by atoms with Crippen LogP contribution in [0.2, 0.25) is 0 Å². The summed E-state index contributed by atoms with van der Waals surface area (Å²) >= 11 is 0. The van der Waals surface area contributed by atoms with Crippen LogP contribution in [0.3, 0.4) is 0 Å². The molecule has 0 saturated carbocycles. The van der Waals surface area contributed by atoms with E-state index in [0.717, 1.165) is 12.5 Å². The standard InChI is InChI=1S/C12H14BF3O3/c14-12(15,16)11-6-9(13(17)18)3-4-10(11)8-2-1-5-19-7-8/h3-4,6,8,17-18H,1-2,5,7H2. The predicted molar refractivity (Wildman–Crippen MR) is 64.1 cm³/mol. The van der Waals surface area contributed by atoms with Gasteiger partial charge in [-0.1, -0.05) is 12.1 Å². The van der Waals surface area contributed by atoms with E-state index in [-0.39, 0.29) is 23.6 Å². The second kappa shape index (κ2) is 5.52. The van der Waals surface area contributed by atoms with Crippen molar-refractivity contribution in [3.8, 4) is 0 Å². The molecule has 1 aliphatic rings. The molecule has 0 spiro atoms. The Morgan fingerprint density at radius 3 is 2.53 bits per heavy atom. The fourth-order valence-electron chi connectivity index (χ4n) is 2.32. The third-order valence-electron chi connectivity index (χ3n) is 3.28. The van der Waals surface area contributed by atoms with E-state index >= 15 is 0 Å². The molecule has 1 saturated heterocycles. The Morgan fingerprint density at radius 1 is 1.26 bits per heavy atom. The quantitative estimate of drug-likeness (QED) is 0.799. The number of hydrogen-bond acceptors (Lipinski definition) is 3. The summed E-state index contributed by atoms with van der Waals surface area (Å²) in [6.45, 7) is 0.843. The van der Waals surface area contributed by atoms with Crippen LogP contribution in [0.1, 0.15) is 29.9 Å². The van der Waals surface area contributed by atoms with Gasteiger partial charge in [0.25, 0.3) is 0 Å². The molecule has 0 bridgehead atoms. The summed E-state index contributed by atoms with van der Waals surface area (Å²) in [5.41, 5.74) is -0.807. The lowest BCUT2D eigenvalue weighted by Gasteiger charge is -2.25. The average molecular weight is 274 g/mol. The number of benzene rings is 1. The Labute approximate surface area is 109 Å². The average Bonchev–Trinajstić information content (AvgIpc) is 2.38. The van der Waals surface area contributed by atoms with Gasteiger partial charge in [-0.25, -0.2) is 0 Å². The molecule has 19 heavy (non-hydrogen) atoms. The first-order chi connectivity index (χ1) is 8.89. The zero-order valence-electron chi connectivity index (χ0n) is 10.2. The number of hydrogen-bond donors (Lipinski definition) is 2. The molecule has 1 unspecified atom stereocenters. The second-order valence-corrected chi connectivity index (χ2v) is 4.63. The van der Waals surface area contributed by atoms with Crippen LogP contribution in [-0.4, -0.2) is 30.4 Å². The second-order valence-electron chi connectivity index (χ2n) is 4.63. The van der Waals surface area contributed by atoms with Gasteiger partial charge in [0.1, 0.15) is 0 Å². The minimum absolute atomic E-state index is 0.159. The van der Waals surface area contributed by atoms with Crippen molar-refractivity contribution in [2.75, 3.05) is 13.2 Å². The van der Waals surface area contributed by atoms with Crippen LogP contribution in [0.4, 0.5) is 13.2 Å². The lowest BCUT2D eigenvalue weighted by molar-refractivity contribution is -0.138. The summed E-state index contributed by atoms with van der Waals surface area (Å²) in [6.07, 6.45) is -3.14.